The molecular weight excluding hydrogens is 245 g/mol. The van der Waals surface area contributed by atoms with E-state index in [1.165, 1.54) is 6.20 Å². The van der Waals surface area contributed by atoms with Crippen molar-refractivity contribution < 1.29 is 9.13 Å². The van der Waals surface area contributed by atoms with Gasteiger partial charge in [-0.05, 0) is 19.0 Å². The summed E-state index contributed by atoms with van der Waals surface area (Å²) < 4.78 is 19.0. The van der Waals surface area contributed by atoms with Crippen molar-refractivity contribution in [3.63, 3.8) is 0 Å². The van der Waals surface area contributed by atoms with Crippen molar-refractivity contribution in [2.75, 3.05) is 31.1 Å². The lowest BCUT2D eigenvalue weighted by molar-refractivity contribution is 0.0381. The van der Waals surface area contributed by atoms with Crippen LogP contribution in [0.4, 0.5) is 10.2 Å². The molecule has 5 heteroatoms. The third kappa shape index (κ3) is 3.64. The van der Waals surface area contributed by atoms with E-state index in [1.54, 1.807) is 6.07 Å². The average Bonchev–Trinajstić information content (AvgIpc) is 2.45. The average molecular weight is 267 g/mol. The summed E-state index contributed by atoms with van der Waals surface area (Å²) in [5.74, 6) is 0.598. The first-order chi connectivity index (χ1) is 9.24. The molecule has 1 aromatic heterocycles. The Hall–Kier alpha value is -1.20. The van der Waals surface area contributed by atoms with Gasteiger partial charge in [-0.25, -0.2) is 9.37 Å². The van der Waals surface area contributed by atoms with Gasteiger partial charge in [-0.3, -0.25) is 0 Å². The van der Waals surface area contributed by atoms with Crippen LogP contribution in [0.1, 0.15) is 25.8 Å². The Balaban J connectivity index is 2.17. The van der Waals surface area contributed by atoms with Crippen LogP contribution < -0.4 is 10.2 Å². The van der Waals surface area contributed by atoms with Crippen LogP contribution in [-0.2, 0) is 11.3 Å². The molecule has 4 nitrogen and oxygen atoms in total. The molecule has 0 amide bonds. The molecule has 1 N–H and O–H groups in total. The summed E-state index contributed by atoms with van der Waals surface area (Å²) in [6, 6.07) is 1.57. The van der Waals surface area contributed by atoms with Crippen LogP contribution in [0.25, 0.3) is 0 Å². The van der Waals surface area contributed by atoms with E-state index in [9.17, 15) is 4.39 Å². The van der Waals surface area contributed by atoms with Gasteiger partial charge in [0.15, 0.2) is 0 Å². The van der Waals surface area contributed by atoms with E-state index in [-0.39, 0.29) is 11.9 Å². The molecule has 2 heterocycles. The highest BCUT2D eigenvalue weighted by Crippen LogP contribution is 2.21. The maximum absolute atomic E-state index is 13.4. The number of ether oxygens (including phenoxy) is 1. The number of rotatable bonds is 5. The first kappa shape index (κ1) is 14.2. The highest BCUT2D eigenvalue weighted by molar-refractivity contribution is 5.47. The van der Waals surface area contributed by atoms with Gasteiger partial charge in [0.2, 0.25) is 0 Å². The normalized spacial score (nSPS) is 19.7. The van der Waals surface area contributed by atoms with E-state index < -0.39 is 0 Å². The molecule has 1 aliphatic heterocycles. The zero-order chi connectivity index (χ0) is 13.7. The fourth-order valence-corrected chi connectivity index (χ4v) is 2.31. The maximum atomic E-state index is 13.4. The third-order valence-electron chi connectivity index (χ3n) is 3.37. The SMILES string of the molecule is CCNCc1cc(F)cnc1N1CCOC(CC)C1. The first-order valence-electron chi connectivity index (χ1n) is 6.96. The number of hydrogen-bond donors (Lipinski definition) is 1. The molecule has 0 saturated carbocycles. The lowest BCUT2D eigenvalue weighted by Gasteiger charge is -2.34. The van der Waals surface area contributed by atoms with Gasteiger partial charge < -0.3 is 15.0 Å². The third-order valence-corrected chi connectivity index (χ3v) is 3.37. The lowest BCUT2D eigenvalue weighted by atomic mass is 10.2. The van der Waals surface area contributed by atoms with Gasteiger partial charge >= 0.3 is 0 Å². The van der Waals surface area contributed by atoms with E-state index in [2.05, 4.69) is 22.1 Å². The fourth-order valence-electron chi connectivity index (χ4n) is 2.31. The molecule has 1 saturated heterocycles. The Kier molecular flexibility index (Phi) is 5.10. The second-order valence-corrected chi connectivity index (χ2v) is 4.76. The van der Waals surface area contributed by atoms with Crippen molar-refractivity contribution in [2.24, 2.45) is 0 Å². The second kappa shape index (κ2) is 6.82. The number of halogens is 1. The van der Waals surface area contributed by atoms with Crippen molar-refractivity contribution in [1.82, 2.24) is 10.3 Å². The van der Waals surface area contributed by atoms with E-state index in [0.29, 0.717) is 13.2 Å². The molecule has 0 aliphatic carbocycles. The molecule has 0 bridgehead atoms. The van der Waals surface area contributed by atoms with Gasteiger partial charge in [0, 0.05) is 25.2 Å². The van der Waals surface area contributed by atoms with E-state index in [0.717, 1.165) is 37.4 Å². The van der Waals surface area contributed by atoms with Crippen LogP contribution >= 0.6 is 0 Å². The molecule has 1 fully saturated rings. The summed E-state index contributed by atoms with van der Waals surface area (Å²) in [6.07, 6.45) is 2.52. The number of aromatic nitrogens is 1. The number of nitrogens with zero attached hydrogens (tertiary/aromatic N) is 2. The molecular formula is C14H22FN3O. The van der Waals surface area contributed by atoms with Crippen molar-refractivity contribution in [3.05, 3.63) is 23.6 Å². The van der Waals surface area contributed by atoms with Gasteiger partial charge in [0.25, 0.3) is 0 Å². The maximum Gasteiger partial charge on any atom is 0.141 e. The van der Waals surface area contributed by atoms with E-state index in [1.807, 2.05) is 6.92 Å². The quantitative estimate of drug-likeness (QED) is 0.885. The van der Waals surface area contributed by atoms with E-state index >= 15 is 0 Å². The summed E-state index contributed by atoms with van der Waals surface area (Å²) in [6.45, 7) is 8.00. The molecule has 0 aromatic carbocycles. The topological polar surface area (TPSA) is 37.4 Å². The smallest absolute Gasteiger partial charge is 0.141 e. The molecule has 106 valence electrons. The fraction of sp³-hybridized carbons (Fsp3) is 0.643. The molecule has 1 aliphatic rings. The predicted molar refractivity (Wildman–Crippen MR) is 73.8 cm³/mol. The van der Waals surface area contributed by atoms with Gasteiger partial charge in [0.05, 0.1) is 18.9 Å². The molecule has 0 spiro atoms. The molecule has 1 unspecified atom stereocenters. The Morgan fingerprint density at radius 1 is 1.53 bits per heavy atom. The zero-order valence-electron chi connectivity index (χ0n) is 11.7. The Labute approximate surface area is 114 Å². The minimum atomic E-state index is -0.281. The van der Waals surface area contributed by atoms with Crippen LogP contribution in [0, 0.1) is 5.82 Å². The van der Waals surface area contributed by atoms with Crippen LogP contribution in [0.15, 0.2) is 12.3 Å². The second-order valence-electron chi connectivity index (χ2n) is 4.76. The summed E-state index contributed by atoms with van der Waals surface area (Å²) in [5, 5.41) is 3.23. The molecule has 0 radical (unpaired) electrons. The predicted octanol–water partition coefficient (Wildman–Crippen LogP) is 1.95. The lowest BCUT2D eigenvalue weighted by Crippen LogP contribution is -2.43. The largest absolute Gasteiger partial charge is 0.375 e. The summed E-state index contributed by atoms with van der Waals surface area (Å²) in [7, 11) is 0. The number of anilines is 1. The monoisotopic (exact) mass is 267 g/mol. The Morgan fingerprint density at radius 2 is 2.37 bits per heavy atom. The van der Waals surface area contributed by atoms with Crippen molar-refractivity contribution in [2.45, 2.75) is 32.9 Å². The van der Waals surface area contributed by atoms with Crippen LogP contribution in [0.2, 0.25) is 0 Å². The van der Waals surface area contributed by atoms with E-state index in [4.69, 9.17) is 4.74 Å². The van der Waals surface area contributed by atoms with Crippen molar-refractivity contribution in [3.8, 4) is 0 Å². The van der Waals surface area contributed by atoms with Crippen molar-refractivity contribution >= 4 is 5.82 Å². The number of pyridine rings is 1. The summed E-state index contributed by atoms with van der Waals surface area (Å²) in [4.78, 5) is 6.48. The molecule has 19 heavy (non-hydrogen) atoms. The highest BCUT2D eigenvalue weighted by Gasteiger charge is 2.22. The van der Waals surface area contributed by atoms with Gasteiger partial charge in [-0.2, -0.15) is 0 Å². The minimum Gasteiger partial charge on any atom is -0.375 e. The number of nitrogens with one attached hydrogen (secondary N) is 1. The summed E-state index contributed by atoms with van der Waals surface area (Å²) in [5.41, 5.74) is 0.915. The zero-order valence-corrected chi connectivity index (χ0v) is 11.7. The number of hydrogen-bond acceptors (Lipinski definition) is 4. The Morgan fingerprint density at radius 3 is 3.11 bits per heavy atom. The standard InChI is InChI=1S/C14H22FN3O/c1-3-13-10-18(5-6-19-13)14-11(8-16-4-2)7-12(15)9-17-14/h7,9,13,16H,3-6,8,10H2,1-2H3. The van der Waals surface area contributed by atoms with Crippen LogP contribution in [0.5, 0.6) is 0 Å². The van der Waals surface area contributed by atoms with Crippen LogP contribution in [0.3, 0.4) is 0 Å². The highest BCUT2D eigenvalue weighted by atomic mass is 19.1. The Bertz CT molecular complexity index is 414. The van der Waals surface area contributed by atoms with Gasteiger partial charge in [-0.15, -0.1) is 0 Å². The van der Waals surface area contributed by atoms with Gasteiger partial charge in [-0.1, -0.05) is 13.8 Å². The van der Waals surface area contributed by atoms with Crippen molar-refractivity contribution in [1.29, 1.82) is 0 Å². The van der Waals surface area contributed by atoms with Crippen LogP contribution in [-0.4, -0.2) is 37.3 Å². The molecule has 1 atom stereocenters. The molecule has 1 aromatic rings. The first-order valence-corrected chi connectivity index (χ1v) is 6.96. The van der Waals surface area contributed by atoms with Gasteiger partial charge in [0.1, 0.15) is 11.6 Å². The summed E-state index contributed by atoms with van der Waals surface area (Å²) >= 11 is 0. The minimum absolute atomic E-state index is 0.243. The molecule has 2 rings (SSSR count). The number of morpholine rings is 1.